The van der Waals surface area contributed by atoms with E-state index in [0.717, 1.165) is 41.5 Å². The van der Waals surface area contributed by atoms with E-state index in [1.54, 1.807) is 12.5 Å². The van der Waals surface area contributed by atoms with Crippen molar-refractivity contribution in [2.45, 2.75) is 37.8 Å². The van der Waals surface area contributed by atoms with Gasteiger partial charge in [-0.1, -0.05) is 6.92 Å². The quantitative estimate of drug-likeness (QED) is 0.792. The van der Waals surface area contributed by atoms with Crippen molar-refractivity contribution >= 4 is 10.8 Å². The SMILES string of the molecule is CCc1ncc(-c2ccnc(S(C)=O)n2)c(CC2CC2)n1. The average Bonchev–Trinajstić information content (AvgIpc) is 3.31. The van der Waals surface area contributed by atoms with Gasteiger partial charge in [0, 0.05) is 30.6 Å². The molecule has 1 saturated carbocycles. The lowest BCUT2D eigenvalue weighted by Crippen LogP contribution is -2.05. The molecule has 21 heavy (non-hydrogen) atoms. The van der Waals surface area contributed by atoms with Gasteiger partial charge in [-0.15, -0.1) is 0 Å². The minimum absolute atomic E-state index is 0.351. The van der Waals surface area contributed by atoms with Crippen LogP contribution in [0.5, 0.6) is 0 Å². The molecule has 0 bridgehead atoms. The largest absolute Gasteiger partial charge is 0.251 e. The Morgan fingerprint density at radius 1 is 1.29 bits per heavy atom. The second kappa shape index (κ2) is 5.97. The van der Waals surface area contributed by atoms with Gasteiger partial charge in [0.1, 0.15) is 5.82 Å². The van der Waals surface area contributed by atoms with E-state index < -0.39 is 10.8 Å². The molecule has 6 heteroatoms. The lowest BCUT2D eigenvalue weighted by molar-refractivity contribution is 0.679. The molecule has 5 nitrogen and oxygen atoms in total. The topological polar surface area (TPSA) is 68.6 Å². The third kappa shape index (κ3) is 3.32. The van der Waals surface area contributed by atoms with Gasteiger partial charge >= 0.3 is 0 Å². The van der Waals surface area contributed by atoms with Crippen molar-refractivity contribution in [3.63, 3.8) is 0 Å². The Bertz CT molecular complexity index is 685. The van der Waals surface area contributed by atoms with E-state index in [0.29, 0.717) is 5.16 Å². The number of hydrogen-bond donors (Lipinski definition) is 0. The van der Waals surface area contributed by atoms with E-state index in [1.807, 2.05) is 12.3 Å². The molecule has 1 fully saturated rings. The van der Waals surface area contributed by atoms with Crippen molar-refractivity contribution in [1.82, 2.24) is 19.9 Å². The van der Waals surface area contributed by atoms with Crippen LogP contribution in [0.2, 0.25) is 0 Å². The Hall–Kier alpha value is -1.69. The molecule has 2 aromatic rings. The second-order valence-electron chi connectivity index (χ2n) is 5.33. The normalized spacial score (nSPS) is 15.9. The molecule has 0 amide bonds. The maximum Gasteiger partial charge on any atom is 0.218 e. The third-order valence-electron chi connectivity index (χ3n) is 3.58. The van der Waals surface area contributed by atoms with Crippen molar-refractivity contribution in [3.05, 3.63) is 30.0 Å². The molecule has 1 atom stereocenters. The molecule has 1 unspecified atom stereocenters. The van der Waals surface area contributed by atoms with Crippen LogP contribution >= 0.6 is 0 Å². The molecule has 0 aromatic carbocycles. The van der Waals surface area contributed by atoms with Crippen molar-refractivity contribution in [3.8, 4) is 11.3 Å². The van der Waals surface area contributed by atoms with Gasteiger partial charge in [-0.05, 0) is 31.2 Å². The van der Waals surface area contributed by atoms with Crippen LogP contribution in [0, 0.1) is 5.92 Å². The van der Waals surface area contributed by atoms with Crippen LogP contribution < -0.4 is 0 Å². The van der Waals surface area contributed by atoms with E-state index in [-0.39, 0.29) is 0 Å². The molecular formula is C15H18N4OS. The molecule has 0 aliphatic heterocycles. The highest BCUT2D eigenvalue weighted by molar-refractivity contribution is 7.84. The van der Waals surface area contributed by atoms with E-state index in [2.05, 4.69) is 26.9 Å². The van der Waals surface area contributed by atoms with Crippen molar-refractivity contribution in [2.75, 3.05) is 6.26 Å². The number of nitrogens with zero attached hydrogens (tertiary/aromatic N) is 4. The summed E-state index contributed by atoms with van der Waals surface area (Å²) in [5, 5.41) is 0.351. The first-order valence-electron chi connectivity index (χ1n) is 7.19. The third-order valence-corrected chi connectivity index (χ3v) is 4.29. The zero-order valence-electron chi connectivity index (χ0n) is 12.2. The fraction of sp³-hybridized carbons (Fsp3) is 0.467. The Morgan fingerprint density at radius 2 is 2.10 bits per heavy atom. The van der Waals surface area contributed by atoms with Crippen LogP contribution in [0.25, 0.3) is 11.3 Å². The van der Waals surface area contributed by atoms with Crippen LogP contribution in [0.1, 0.15) is 31.3 Å². The smallest absolute Gasteiger partial charge is 0.218 e. The van der Waals surface area contributed by atoms with Crippen molar-refractivity contribution in [1.29, 1.82) is 0 Å². The van der Waals surface area contributed by atoms with Gasteiger partial charge in [-0.25, -0.2) is 19.9 Å². The first-order chi connectivity index (χ1) is 10.2. The predicted octanol–water partition coefficient (Wildman–Crippen LogP) is 2.19. The van der Waals surface area contributed by atoms with Gasteiger partial charge in [0.15, 0.2) is 0 Å². The summed E-state index contributed by atoms with van der Waals surface area (Å²) in [5.74, 6) is 1.60. The molecule has 110 valence electrons. The van der Waals surface area contributed by atoms with Crippen molar-refractivity contribution < 1.29 is 4.21 Å². The molecule has 1 aliphatic rings. The average molecular weight is 302 g/mol. The summed E-state index contributed by atoms with van der Waals surface area (Å²) in [6.07, 6.45) is 9.42. The van der Waals surface area contributed by atoms with Crippen LogP contribution in [0.4, 0.5) is 0 Å². The molecule has 0 spiro atoms. The highest BCUT2D eigenvalue weighted by atomic mass is 32.2. The summed E-state index contributed by atoms with van der Waals surface area (Å²) >= 11 is 0. The first kappa shape index (κ1) is 14.3. The predicted molar refractivity (Wildman–Crippen MR) is 81.2 cm³/mol. The fourth-order valence-corrected chi connectivity index (χ4v) is 2.66. The van der Waals surface area contributed by atoms with E-state index in [4.69, 9.17) is 0 Å². The van der Waals surface area contributed by atoms with Crippen LogP contribution in [-0.2, 0) is 23.6 Å². The molecule has 1 aliphatic carbocycles. The second-order valence-corrected chi connectivity index (χ2v) is 6.60. The summed E-state index contributed by atoms with van der Waals surface area (Å²) in [7, 11) is -1.19. The monoisotopic (exact) mass is 302 g/mol. The minimum atomic E-state index is -1.19. The van der Waals surface area contributed by atoms with E-state index in [9.17, 15) is 4.21 Å². The van der Waals surface area contributed by atoms with Gasteiger partial charge in [-0.3, -0.25) is 4.21 Å². The molecule has 0 saturated heterocycles. The zero-order valence-corrected chi connectivity index (χ0v) is 13.1. The zero-order chi connectivity index (χ0) is 14.8. The minimum Gasteiger partial charge on any atom is -0.251 e. The summed E-state index contributed by atoms with van der Waals surface area (Å²) in [4.78, 5) is 17.5. The van der Waals surface area contributed by atoms with Crippen LogP contribution in [-0.4, -0.2) is 30.4 Å². The number of hydrogen-bond acceptors (Lipinski definition) is 5. The highest BCUT2D eigenvalue weighted by Gasteiger charge is 2.24. The molecule has 0 N–H and O–H groups in total. The summed E-state index contributed by atoms with van der Waals surface area (Å²) in [6.45, 7) is 2.05. The lowest BCUT2D eigenvalue weighted by atomic mass is 10.1. The van der Waals surface area contributed by atoms with E-state index in [1.165, 1.54) is 12.8 Å². The standard InChI is InChI=1S/C15H18N4OS/c1-3-14-17-9-11(13(18-14)8-10-4-5-10)12-6-7-16-15(19-12)21(2)20/h6-7,9-10H,3-5,8H2,1-2H3. The molecule has 2 aromatic heterocycles. The Labute approximate surface area is 126 Å². The summed E-state index contributed by atoms with van der Waals surface area (Å²) < 4.78 is 11.6. The van der Waals surface area contributed by atoms with E-state index >= 15 is 0 Å². The van der Waals surface area contributed by atoms with Gasteiger partial charge in [0.2, 0.25) is 5.16 Å². The number of aromatic nitrogens is 4. The maximum atomic E-state index is 11.6. The van der Waals surface area contributed by atoms with Crippen LogP contribution in [0.15, 0.2) is 23.6 Å². The highest BCUT2D eigenvalue weighted by Crippen LogP contribution is 2.34. The molecule has 3 rings (SSSR count). The van der Waals surface area contributed by atoms with Crippen LogP contribution in [0.3, 0.4) is 0 Å². The van der Waals surface area contributed by atoms with Gasteiger partial charge < -0.3 is 0 Å². The maximum absolute atomic E-state index is 11.6. The fourth-order valence-electron chi connectivity index (χ4n) is 2.22. The number of aryl methyl sites for hydroxylation is 1. The molecular weight excluding hydrogens is 284 g/mol. The van der Waals surface area contributed by atoms with Gasteiger partial charge in [-0.2, -0.15) is 0 Å². The molecule has 0 radical (unpaired) electrons. The Kier molecular flexibility index (Phi) is 4.05. The lowest BCUT2D eigenvalue weighted by Gasteiger charge is -2.09. The Morgan fingerprint density at radius 3 is 2.76 bits per heavy atom. The van der Waals surface area contributed by atoms with Crippen molar-refractivity contribution in [2.24, 2.45) is 5.92 Å². The summed E-state index contributed by atoms with van der Waals surface area (Å²) in [6, 6.07) is 1.83. The van der Waals surface area contributed by atoms with Gasteiger partial charge in [0.05, 0.1) is 22.2 Å². The molecule has 2 heterocycles. The summed E-state index contributed by atoms with van der Waals surface area (Å²) in [5.41, 5.74) is 2.75. The Balaban J connectivity index is 2.03. The first-order valence-corrected chi connectivity index (χ1v) is 8.74. The van der Waals surface area contributed by atoms with Gasteiger partial charge in [0.25, 0.3) is 0 Å². The number of rotatable bonds is 5.